The Morgan fingerprint density at radius 3 is 2.64 bits per heavy atom. The van der Waals surface area contributed by atoms with E-state index >= 15 is 0 Å². The Bertz CT molecular complexity index is 693. The number of nitrogens with one attached hydrogen (secondary N) is 2. The largest absolute Gasteiger partial charge is 0.383 e. The number of methoxy groups -OCH3 is 1. The smallest absolute Gasteiger partial charge is 0.238 e. The highest BCUT2D eigenvalue weighted by Crippen LogP contribution is 2.14. The second-order valence-corrected chi connectivity index (χ2v) is 7.01. The molecule has 140 valence electrons. The predicted molar refractivity (Wildman–Crippen MR) is 93.4 cm³/mol. The van der Waals surface area contributed by atoms with Crippen molar-refractivity contribution in [2.75, 3.05) is 45.7 Å². The van der Waals surface area contributed by atoms with Gasteiger partial charge in [-0.1, -0.05) is 6.07 Å². The summed E-state index contributed by atoms with van der Waals surface area (Å²) in [7, 11) is -0.545. The molecule has 0 radical (unpaired) electrons. The molecule has 0 bridgehead atoms. The Balaban J connectivity index is 2.41. The molecule has 1 aromatic rings. The summed E-state index contributed by atoms with van der Waals surface area (Å²) in [5.74, 6) is -0.445. The Morgan fingerprint density at radius 2 is 2.00 bits per heavy atom. The van der Waals surface area contributed by atoms with Gasteiger partial charge in [0.1, 0.15) is 0 Å². The highest BCUT2D eigenvalue weighted by atomic mass is 32.2. The van der Waals surface area contributed by atoms with E-state index < -0.39 is 10.0 Å². The number of likely N-dealkylation sites (N-methyl/N-ethyl adjacent to an activating group) is 1. The van der Waals surface area contributed by atoms with Gasteiger partial charge in [-0.05, 0) is 25.2 Å². The monoisotopic (exact) mass is 372 g/mol. The molecule has 0 saturated carbocycles. The molecule has 1 aromatic carbocycles. The Labute approximate surface area is 147 Å². The molecule has 4 N–H and O–H groups in total. The van der Waals surface area contributed by atoms with Crippen LogP contribution in [0.4, 0.5) is 5.69 Å². The van der Waals surface area contributed by atoms with E-state index in [9.17, 15) is 18.0 Å². The second-order valence-electron chi connectivity index (χ2n) is 5.45. The molecule has 0 saturated heterocycles. The lowest BCUT2D eigenvalue weighted by atomic mass is 10.3. The number of hydrogen-bond acceptors (Lipinski definition) is 6. The standard InChI is InChI=1S/C15H24N4O5S/c1-19(11-15(21)17-7-9-24-2)8-6-14(20)18-12-4-3-5-13(10-12)25(16,22)23/h3-5,10H,6-9,11H2,1-2H3,(H,17,21)(H,18,20)(H2,16,22,23). The summed E-state index contributed by atoms with van der Waals surface area (Å²) in [6.45, 7) is 1.41. The minimum absolute atomic E-state index is 0.0739. The topological polar surface area (TPSA) is 131 Å². The van der Waals surface area contributed by atoms with Crippen LogP contribution >= 0.6 is 0 Å². The van der Waals surface area contributed by atoms with Gasteiger partial charge in [-0.25, -0.2) is 13.6 Å². The zero-order chi connectivity index (χ0) is 18.9. The van der Waals surface area contributed by atoms with Crippen LogP contribution in [0.5, 0.6) is 0 Å². The molecule has 0 fully saturated rings. The van der Waals surface area contributed by atoms with E-state index in [1.54, 1.807) is 25.1 Å². The molecule has 9 nitrogen and oxygen atoms in total. The van der Waals surface area contributed by atoms with Gasteiger partial charge in [-0.15, -0.1) is 0 Å². The number of sulfonamides is 1. The van der Waals surface area contributed by atoms with E-state index in [1.165, 1.54) is 18.2 Å². The average molecular weight is 372 g/mol. The van der Waals surface area contributed by atoms with Crippen molar-refractivity contribution < 1.29 is 22.7 Å². The lowest BCUT2D eigenvalue weighted by Gasteiger charge is -2.16. The van der Waals surface area contributed by atoms with Crippen molar-refractivity contribution in [3.63, 3.8) is 0 Å². The number of anilines is 1. The van der Waals surface area contributed by atoms with Gasteiger partial charge < -0.3 is 15.4 Å². The number of carbonyl (C=O) groups is 2. The molecular weight excluding hydrogens is 348 g/mol. The fourth-order valence-corrected chi connectivity index (χ4v) is 2.50. The maximum absolute atomic E-state index is 11.9. The fraction of sp³-hybridized carbons (Fsp3) is 0.467. The molecule has 0 aliphatic heterocycles. The molecule has 0 atom stereocenters. The van der Waals surface area contributed by atoms with Crippen molar-refractivity contribution in [2.45, 2.75) is 11.3 Å². The van der Waals surface area contributed by atoms with E-state index in [0.717, 1.165) is 0 Å². The second kappa shape index (κ2) is 10.1. The first-order valence-corrected chi connectivity index (χ1v) is 9.14. The van der Waals surface area contributed by atoms with Crippen LogP contribution in [0.25, 0.3) is 0 Å². The minimum Gasteiger partial charge on any atom is -0.383 e. The fourth-order valence-electron chi connectivity index (χ4n) is 1.94. The van der Waals surface area contributed by atoms with Crippen LogP contribution in [-0.4, -0.2) is 65.5 Å². The summed E-state index contributed by atoms with van der Waals surface area (Å²) < 4.78 is 27.4. The van der Waals surface area contributed by atoms with Crippen molar-refractivity contribution >= 4 is 27.5 Å². The Hall–Kier alpha value is -2.01. The number of carbonyl (C=O) groups excluding carboxylic acids is 2. The van der Waals surface area contributed by atoms with Gasteiger partial charge in [-0.2, -0.15) is 0 Å². The summed E-state index contributed by atoms with van der Waals surface area (Å²) in [5.41, 5.74) is 0.344. The highest BCUT2D eigenvalue weighted by molar-refractivity contribution is 7.89. The lowest BCUT2D eigenvalue weighted by Crippen LogP contribution is -2.37. The van der Waals surface area contributed by atoms with Crippen LogP contribution in [-0.2, 0) is 24.3 Å². The van der Waals surface area contributed by atoms with Gasteiger partial charge in [0.25, 0.3) is 0 Å². The van der Waals surface area contributed by atoms with Gasteiger partial charge in [-0.3, -0.25) is 14.5 Å². The summed E-state index contributed by atoms with van der Waals surface area (Å²) in [5, 5.41) is 10.3. The number of amides is 2. The molecule has 25 heavy (non-hydrogen) atoms. The van der Waals surface area contributed by atoms with E-state index in [1.807, 2.05) is 0 Å². The quantitative estimate of drug-likeness (QED) is 0.468. The number of benzene rings is 1. The number of rotatable bonds is 10. The predicted octanol–water partition coefficient (Wildman–Crippen LogP) is -0.643. The third kappa shape index (κ3) is 8.59. The maximum Gasteiger partial charge on any atom is 0.238 e. The number of primary sulfonamides is 1. The number of ether oxygens (including phenoxy) is 1. The van der Waals surface area contributed by atoms with Gasteiger partial charge in [0.05, 0.1) is 18.0 Å². The van der Waals surface area contributed by atoms with E-state index in [-0.39, 0.29) is 29.7 Å². The third-order valence-electron chi connectivity index (χ3n) is 3.21. The molecule has 0 aliphatic carbocycles. The van der Waals surface area contributed by atoms with Gasteiger partial charge in [0.15, 0.2) is 0 Å². The van der Waals surface area contributed by atoms with Gasteiger partial charge in [0, 0.05) is 32.3 Å². The summed E-state index contributed by atoms with van der Waals surface area (Å²) >= 11 is 0. The normalized spacial score (nSPS) is 11.4. The summed E-state index contributed by atoms with van der Waals surface area (Å²) in [4.78, 5) is 25.2. The van der Waals surface area contributed by atoms with Gasteiger partial charge in [0.2, 0.25) is 21.8 Å². The molecule has 2 amide bonds. The molecule has 10 heteroatoms. The number of hydrogen-bond donors (Lipinski definition) is 3. The van der Waals surface area contributed by atoms with Gasteiger partial charge >= 0.3 is 0 Å². The van der Waals surface area contributed by atoms with Crippen LogP contribution in [0.3, 0.4) is 0 Å². The first-order valence-electron chi connectivity index (χ1n) is 7.59. The highest BCUT2D eigenvalue weighted by Gasteiger charge is 2.11. The lowest BCUT2D eigenvalue weighted by molar-refractivity contribution is -0.123. The molecule has 0 heterocycles. The van der Waals surface area contributed by atoms with Crippen molar-refractivity contribution in [1.82, 2.24) is 10.2 Å². The van der Waals surface area contributed by atoms with Crippen LogP contribution in [0.1, 0.15) is 6.42 Å². The molecule has 0 unspecified atom stereocenters. The van der Waals surface area contributed by atoms with E-state index in [2.05, 4.69) is 10.6 Å². The van der Waals surface area contributed by atoms with E-state index in [0.29, 0.717) is 25.4 Å². The zero-order valence-electron chi connectivity index (χ0n) is 14.3. The number of nitrogens with zero attached hydrogens (tertiary/aromatic N) is 1. The SMILES string of the molecule is COCCNC(=O)CN(C)CCC(=O)Nc1cccc(S(N)(=O)=O)c1. The maximum atomic E-state index is 11.9. The minimum atomic E-state index is -3.82. The zero-order valence-corrected chi connectivity index (χ0v) is 15.1. The van der Waals surface area contributed by atoms with Crippen LogP contribution in [0.2, 0.25) is 0 Å². The molecular formula is C15H24N4O5S. The summed E-state index contributed by atoms with van der Waals surface area (Å²) in [6.07, 6.45) is 0.154. The third-order valence-corrected chi connectivity index (χ3v) is 4.12. The van der Waals surface area contributed by atoms with Crippen molar-refractivity contribution in [1.29, 1.82) is 0 Å². The van der Waals surface area contributed by atoms with Crippen LogP contribution in [0, 0.1) is 0 Å². The first kappa shape index (κ1) is 21.0. The van der Waals surface area contributed by atoms with Crippen molar-refractivity contribution in [3.05, 3.63) is 24.3 Å². The van der Waals surface area contributed by atoms with Crippen molar-refractivity contribution in [2.24, 2.45) is 5.14 Å². The molecule has 0 spiro atoms. The summed E-state index contributed by atoms with van der Waals surface area (Å²) in [6, 6.07) is 5.70. The number of nitrogens with two attached hydrogens (primary N) is 1. The van der Waals surface area contributed by atoms with Crippen LogP contribution < -0.4 is 15.8 Å². The molecule has 0 aliphatic rings. The van der Waals surface area contributed by atoms with Crippen LogP contribution in [0.15, 0.2) is 29.2 Å². The molecule has 0 aromatic heterocycles. The Kier molecular flexibility index (Phi) is 8.49. The van der Waals surface area contributed by atoms with E-state index in [4.69, 9.17) is 9.88 Å². The molecule has 1 rings (SSSR count). The Morgan fingerprint density at radius 1 is 1.28 bits per heavy atom. The average Bonchev–Trinajstić information content (AvgIpc) is 2.52. The van der Waals surface area contributed by atoms with Crippen molar-refractivity contribution in [3.8, 4) is 0 Å². The first-order chi connectivity index (χ1) is 11.7.